The highest BCUT2D eigenvalue weighted by atomic mass is 16.5. The van der Waals surface area contributed by atoms with Crippen LogP contribution in [0.3, 0.4) is 0 Å². The third-order valence-corrected chi connectivity index (χ3v) is 1.88. The normalized spacial score (nSPS) is 12.5. The van der Waals surface area contributed by atoms with E-state index in [0.29, 0.717) is 6.61 Å². The molecule has 0 saturated carbocycles. The lowest BCUT2D eigenvalue weighted by atomic mass is 10.0. The van der Waals surface area contributed by atoms with Crippen molar-refractivity contribution in [2.45, 2.75) is 20.0 Å². The van der Waals surface area contributed by atoms with Crippen molar-refractivity contribution in [1.29, 1.82) is 0 Å². The molecule has 1 atom stereocenters. The van der Waals surface area contributed by atoms with Crippen LogP contribution in [0.15, 0.2) is 42.5 Å². The number of hydrogen-bond donors (Lipinski definition) is 0. The van der Waals surface area contributed by atoms with Gasteiger partial charge in [-0.05, 0) is 25.0 Å². The Kier molecular flexibility index (Phi) is 3.71. The molecule has 1 rings (SSSR count). The van der Waals surface area contributed by atoms with Crippen LogP contribution in [0.5, 0.6) is 0 Å². The first-order chi connectivity index (χ1) is 6.25. The molecule has 1 aromatic carbocycles. The molecule has 0 fully saturated rings. The summed E-state index contributed by atoms with van der Waals surface area (Å²) in [5.41, 5.74) is 2.23. The zero-order valence-electron chi connectivity index (χ0n) is 8.29. The zero-order chi connectivity index (χ0) is 9.68. The first-order valence-corrected chi connectivity index (χ1v) is 4.57. The molecule has 1 unspecified atom stereocenters. The number of rotatable bonds is 4. The highest BCUT2D eigenvalue weighted by Gasteiger charge is 2.10. The summed E-state index contributed by atoms with van der Waals surface area (Å²) in [6, 6.07) is 10.2. The Hall–Kier alpha value is -1.08. The molecular formula is C12H16O. The predicted octanol–water partition coefficient (Wildman–Crippen LogP) is 3.34. The molecule has 70 valence electrons. The van der Waals surface area contributed by atoms with E-state index in [9.17, 15) is 0 Å². The van der Waals surface area contributed by atoms with Gasteiger partial charge >= 0.3 is 0 Å². The van der Waals surface area contributed by atoms with E-state index in [1.165, 1.54) is 5.56 Å². The van der Waals surface area contributed by atoms with Gasteiger partial charge in [-0.25, -0.2) is 0 Å². The van der Waals surface area contributed by atoms with Crippen LogP contribution in [0.25, 0.3) is 0 Å². The standard InChI is InChI=1S/C12H16O/c1-4-13-12(10(2)3)11-8-6-5-7-9-11/h5-9,12H,2,4H2,1,3H3. The van der Waals surface area contributed by atoms with Gasteiger partial charge in [0.25, 0.3) is 0 Å². The molecule has 13 heavy (non-hydrogen) atoms. The Morgan fingerprint density at radius 3 is 2.46 bits per heavy atom. The van der Waals surface area contributed by atoms with Crippen molar-refractivity contribution >= 4 is 0 Å². The second kappa shape index (κ2) is 4.83. The first-order valence-electron chi connectivity index (χ1n) is 4.57. The van der Waals surface area contributed by atoms with Gasteiger partial charge in [0.15, 0.2) is 0 Å². The highest BCUT2D eigenvalue weighted by Crippen LogP contribution is 2.23. The molecule has 0 bridgehead atoms. The van der Waals surface area contributed by atoms with Crippen molar-refractivity contribution in [1.82, 2.24) is 0 Å². The van der Waals surface area contributed by atoms with E-state index in [2.05, 4.69) is 18.7 Å². The summed E-state index contributed by atoms with van der Waals surface area (Å²) in [7, 11) is 0. The molecule has 1 heteroatoms. The molecule has 0 heterocycles. The number of benzene rings is 1. The molecule has 0 aromatic heterocycles. The summed E-state index contributed by atoms with van der Waals surface area (Å²) in [6.07, 6.45) is 0.0474. The van der Waals surface area contributed by atoms with Crippen molar-refractivity contribution in [3.8, 4) is 0 Å². The Morgan fingerprint density at radius 2 is 2.00 bits per heavy atom. The Bertz CT molecular complexity index is 264. The SMILES string of the molecule is C=C(C)C(OCC)c1ccccc1. The summed E-state index contributed by atoms with van der Waals surface area (Å²) in [5.74, 6) is 0. The monoisotopic (exact) mass is 176 g/mol. The third-order valence-electron chi connectivity index (χ3n) is 1.88. The summed E-state index contributed by atoms with van der Waals surface area (Å²) in [5, 5.41) is 0. The van der Waals surface area contributed by atoms with Crippen molar-refractivity contribution in [3.05, 3.63) is 48.0 Å². The van der Waals surface area contributed by atoms with Gasteiger partial charge in [0.05, 0.1) is 0 Å². The fraction of sp³-hybridized carbons (Fsp3) is 0.333. The third kappa shape index (κ3) is 2.71. The minimum atomic E-state index is 0.0474. The maximum absolute atomic E-state index is 5.59. The van der Waals surface area contributed by atoms with E-state index >= 15 is 0 Å². The smallest absolute Gasteiger partial charge is 0.103 e. The van der Waals surface area contributed by atoms with Crippen LogP contribution >= 0.6 is 0 Å². The predicted molar refractivity (Wildman–Crippen MR) is 55.6 cm³/mol. The quantitative estimate of drug-likeness (QED) is 0.639. The minimum absolute atomic E-state index is 0.0474. The van der Waals surface area contributed by atoms with E-state index in [-0.39, 0.29) is 6.10 Å². The summed E-state index contributed by atoms with van der Waals surface area (Å²) >= 11 is 0. The first kappa shape index (κ1) is 10.0. The molecule has 0 spiro atoms. The lowest BCUT2D eigenvalue weighted by molar-refractivity contribution is 0.0888. The molecule has 0 aliphatic heterocycles. The maximum Gasteiger partial charge on any atom is 0.103 e. The fourth-order valence-electron chi connectivity index (χ4n) is 1.32. The molecule has 0 saturated heterocycles. The van der Waals surface area contributed by atoms with Crippen LogP contribution in [0.4, 0.5) is 0 Å². The molecule has 1 nitrogen and oxygen atoms in total. The Morgan fingerprint density at radius 1 is 1.38 bits per heavy atom. The van der Waals surface area contributed by atoms with Crippen LogP contribution in [-0.2, 0) is 4.74 Å². The van der Waals surface area contributed by atoms with E-state index in [1.807, 2.05) is 32.0 Å². The topological polar surface area (TPSA) is 9.23 Å². The molecule has 1 aromatic rings. The summed E-state index contributed by atoms with van der Waals surface area (Å²) < 4.78 is 5.59. The fourth-order valence-corrected chi connectivity index (χ4v) is 1.32. The lowest BCUT2D eigenvalue weighted by Gasteiger charge is -2.17. The van der Waals surface area contributed by atoms with Gasteiger partial charge in [-0.3, -0.25) is 0 Å². The summed E-state index contributed by atoms with van der Waals surface area (Å²) in [4.78, 5) is 0. The van der Waals surface area contributed by atoms with E-state index in [4.69, 9.17) is 4.74 Å². The molecule has 0 N–H and O–H groups in total. The lowest BCUT2D eigenvalue weighted by Crippen LogP contribution is -2.04. The van der Waals surface area contributed by atoms with Crippen molar-refractivity contribution in [2.24, 2.45) is 0 Å². The van der Waals surface area contributed by atoms with Gasteiger partial charge in [-0.2, -0.15) is 0 Å². The second-order valence-electron chi connectivity index (χ2n) is 3.09. The number of ether oxygens (including phenoxy) is 1. The molecule has 0 aliphatic carbocycles. The molecular weight excluding hydrogens is 160 g/mol. The average molecular weight is 176 g/mol. The van der Waals surface area contributed by atoms with Crippen LogP contribution in [0.1, 0.15) is 25.5 Å². The molecule has 0 radical (unpaired) electrons. The average Bonchev–Trinajstić information content (AvgIpc) is 2.15. The van der Waals surface area contributed by atoms with Crippen LogP contribution < -0.4 is 0 Å². The van der Waals surface area contributed by atoms with E-state index in [1.54, 1.807) is 0 Å². The van der Waals surface area contributed by atoms with Gasteiger partial charge < -0.3 is 4.74 Å². The van der Waals surface area contributed by atoms with Crippen LogP contribution in [-0.4, -0.2) is 6.61 Å². The maximum atomic E-state index is 5.59. The van der Waals surface area contributed by atoms with Crippen LogP contribution in [0.2, 0.25) is 0 Å². The molecule has 0 amide bonds. The van der Waals surface area contributed by atoms with Gasteiger partial charge in [0, 0.05) is 6.61 Å². The highest BCUT2D eigenvalue weighted by molar-refractivity contribution is 5.23. The number of hydrogen-bond acceptors (Lipinski definition) is 1. The van der Waals surface area contributed by atoms with Gasteiger partial charge in [-0.1, -0.05) is 36.9 Å². The second-order valence-corrected chi connectivity index (χ2v) is 3.09. The van der Waals surface area contributed by atoms with Crippen LogP contribution in [0, 0.1) is 0 Å². The van der Waals surface area contributed by atoms with Gasteiger partial charge in [-0.15, -0.1) is 0 Å². The Labute approximate surface area is 80.0 Å². The van der Waals surface area contributed by atoms with Gasteiger partial charge in [0.2, 0.25) is 0 Å². The van der Waals surface area contributed by atoms with Crippen molar-refractivity contribution in [2.75, 3.05) is 6.61 Å². The van der Waals surface area contributed by atoms with E-state index in [0.717, 1.165) is 5.57 Å². The Balaban J connectivity index is 2.82. The van der Waals surface area contributed by atoms with Crippen molar-refractivity contribution < 1.29 is 4.74 Å². The molecule has 0 aliphatic rings. The minimum Gasteiger partial charge on any atom is -0.369 e. The summed E-state index contributed by atoms with van der Waals surface area (Å²) in [6.45, 7) is 8.63. The zero-order valence-corrected chi connectivity index (χ0v) is 8.29. The van der Waals surface area contributed by atoms with Gasteiger partial charge in [0.1, 0.15) is 6.10 Å². The largest absolute Gasteiger partial charge is 0.369 e. The van der Waals surface area contributed by atoms with Crippen molar-refractivity contribution in [3.63, 3.8) is 0 Å². The van der Waals surface area contributed by atoms with E-state index < -0.39 is 0 Å².